The Morgan fingerprint density at radius 3 is 2.12 bits per heavy atom. The van der Waals surface area contributed by atoms with Gasteiger partial charge < -0.3 is 0 Å². The monoisotopic (exact) mass is 439 g/mol. The van der Waals surface area contributed by atoms with Crippen LogP contribution in [0.2, 0.25) is 0 Å². The van der Waals surface area contributed by atoms with E-state index in [-0.39, 0.29) is 10.0 Å². The molecular weight excluding hydrogens is 406 g/mol. The maximum Gasteiger partial charge on any atom is 0.0780 e. The second-order valence-corrected chi connectivity index (χ2v) is 14.3. The van der Waals surface area contributed by atoms with E-state index in [0.29, 0.717) is 5.92 Å². The van der Waals surface area contributed by atoms with E-state index in [9.17, 15) is 0 Å². The van der Waals surface area contributed by atoms with Crippen molar-refractivity contribution in [3.63, 3.8) is 0 Å². The molecule has 0 N–H and O–H groups in total. The first-order valence-corrected chi connectivity index (χ1v) is 14.4. The molecule has 2 heteroatoms. The Morgan fingerprint density at radius 1 is 0.781 bits per heavy atom. The van der Waals surface area contributed by atoms with E-state index in [1.807, 2.05) is 6.20 Å². The van der Waals surface area contributed by atoms with Crippen LogP contribution in [-0.4, -0.2) is 29.0 Å². The predicted molar refractivity (Wildman–Crippen MR) is 143 cm³/mol. The van der Waals surface area contributed by atoms with Gasteiger partial charge in [-0.1, -0.05) is 60.7 Å². The highest BCUT2D eigenvalue weighted by Gasteiger charge is 2.24. The van der Waals surface area contributed by atoms with Gasteiger partial charge in [-0.3, -0.25) is 4.98 Å². The Kier molecular flexibility index (Phi) is 5.59. The molecule has 1 saturated heterocycles. The van der Waals surface area contributed by atoms with Crippen LogP contribution in [0.1, 0.15) is 35.4 Å². The first kappa shape index (κ1) is 21.3. The quantitative estimate of drug-likeness (QED) is 0.314. The van der Waals surface area contributed by atoms with Crippen molar-refractivity contribution >= 4 is 20.8 Å². The van der Waals surface area contributed by atoms with Gasteiger partial charge in [-0.2, -0.15) is 0 Å². The summed E-state index contributed by atoms with van der Waals surface area (Å²) < 4.78 is 0. The lowest BCUT2D eigenvalue weighted by molar-refractivity contribution is 0.632. The van der Waals surface area contributed by atoms with Gasteiger partial charge in [-0.05, 0) is 95.9 Å². The third-order valence-corrected chi connectivity index (χ3v) is 9.91. The molecule has 2 heterocycles. The molecule has 0 amide bonds. The zero-order valence-corrected chi connectivity index (χ0v) is 20.5. The molecule has 0 saturated carbocycles. The van der Waals surface area contributed by atoms with E-state index < -0.39 is 0 Å². The minimum atomic E-state index is -0.348. The number of pyridine rings is 1. The number of rotatable bonds is 3. The van der Waals surface area contributed by atoms with E-state index >= 15 is 0 Å². The van der Waals surface area contributed by atoms with Crippen LogP contribution < -0.4 is 0 Å². The molecule has 0 aliphatic carbocycles. The summed E-state index contributed by atoms with van der Waals surface area (Å²) in [5.41, 5.74) is 9.02. The van der Waals surface area contributed by atoms with Gasteiger partial charge in [-0.15, -0.1) is 0 Å². The van der Waals surface area contributed by atoms with E-state index in [1.54, 1.807) is 0 Å². The van der Waals surface area contributed by atoms with Crippen LogP contribution in [0.15, 0.2) is 72.9 Å². The van der Waals surface area contributed by atoms with E-state index in [2.05, 4.69) is 93.1 Å². The summed E-state index contributed by atoms with van der Waals surface area (Å²) in [6.45, 7) is 4.38. The lowest BCUT2D eigenvalue weighted by Gasteiger charge is -2.39. The Bertz CT molecular complexity index is 1240. The maximum absolute atomic E-state index is 4.78. The van der Waals surface area contributed by atoms with Crippen LogP contribution in [0.3, 0.4) is 0 Å². The molecule has 0 bridgehead atoms. The Morgan fingerprint density at radius 2 is 1.44 bits per heavy atom. The molecule has 0 atom stereocenters. The summed E-state index contributed by atoms with van der Waals surface area (Å²) in [6.07, 6.45) is 9.63. The van der Waals surface area contributed by atoms with Crippen LogP contribution in [-0.2, 0) is 0 Å². The lowest BCUT2D eigenvalue weighted by Crippen LogP contribution is -2.18. The molecule has 164 valence electrons. The van der Waals surface area contributed by atoms with Gasteiger partial charge >= 0.3 is 0 Å². The smallest absolute Gasteiger partial charge is 0.0780 e. The van der Waals surface area contributed by atoms with Gasteiger partial charge in [0.05, 0.1) is 5.69 Å². The Balaban J connectivity index is 1.47. The summed E-state index contributed by atoms with van der Waals surface area (Å²) >= 11 is 0. The van der Waals surface area contributed by atoms with Crippen LogP contribution in [0.4, 0.5) is 0 Å². The number of hydrogen-bond acceptors (Lipinski definition) is 1. The Hall–Kier alpha value is -2.58. The fourth-order valence-electron chi connectivity index (χ4n) is 5.25. The van der Waals surface area contributed by atoms with Crippen LogP contribution in [0.25, 0.3) is 33.2 Å². The molecule has 4 aromatic rings. The SMILES string of the molecule is Cc1cccc(C)c1-c1ccc(-c2nccc3cc(C4CCS(C)(C)CC4)ccc23)cc1. The molecule has 32 heavy (non-hydrogen) atoms. The van der Waals surface area contributed by atoms with E-state index in [4.69, 9.17) is 4.98 Å². The molecule has 5 rings (SSSR count). The van der Waals surface area contributed by atoms with E-state index in [1.165, 1.54) is 68.5 Å². The zero-order chi connectivity index (χ0) is 22.3. The third kappa shape index (κ3) is 4.09. The number of benzene rings is 3. The summed E-state index contributed by atoms with van der Waals surface area (Å²) in [7, 11) is -0.348. The van der Waals surface area contributed by atoms with Gasteiger partial charge in [0, 0.05) is 17.1 Å². The maximum atomic E-state index is 4.78. The molecule has 3 aromatic carbocycles. The predicted octanol–water partition coefficient (Wildman–Crippen LogP) is 8.13. The largest absolute Gasteiger partial charge is 0.256 e. The van der Waals surface area contributed by atoms with Crippen molar-refractivity contribution in [3.05, 3.63) is 89.6 Å². The highest BCUT2D eigenvalue weighted by atomic mass is 32.3. The second-order valence-electron chi connectivity index (χ2n) is 9.93. The topological polar surface area (TPSA) is 12.9 Å². The second kappa shape index (κ2) is 8.41. The standard InChI is InChI=1S/C30H33NS/c1-21-6-5-7-22(2)29(21)24-8-10-25(11-9-24)30-28-13-12-26(20-27(28)14-17-31-30)23-15-18-32(3,4)19-16-23/h5-14,17,20,23H,15-16,18-19H2,1-4H3. The van der Waals surface area contributed by atoms with Gasteiger partial charge in [0.25, 0.3) is 0 Å². The van der Waals surface area contributed by atoms with Gasteiger partial charge in [-0.25, -0.2) is 10.0 Å². The highest BCUT2D eigenvalue weighted by molar-refractivity contribution is 8.32. The molecule has 0 spiro atoms. The average Bonchev–Trinajstić information content (AvgIpc) is 2.79. The van der Waals surface area contributed by atoms with Crippen LogP contribution >= 0.6 is 10.0 Å². The molecule has 0 radical (unpaired) electrons. The fourth-order valence-corrected chi connectivity index (χ4v) is 7.30. The fraction of sp³-hybridized carbons (Fsp3) is 0.300. The number of nitrogens with zero attached hydrogens (tertiary/aromatic N) is 1. The van der Waals surface area contributed by atoms with Crippen molar-refractivity contribution in [2.45, 2.75) is 32.6 Å². The zero-order valence-electron chi connectivity index (χ0n) is 19.7. The Labute approximate surface area is 194 Å². The lowest BCUT2D eigenvalue weighted by atomic mass is 9.91. The summed E-state index contributed by atoms with van der Waals surface area (Å²) in [5, 5.41) is 2.56. The third-order valence-electron chi connectivity index (χ3n) is 7.23. The minimum Gasteiger partial charge on any atom is -0.256 e. The van der Waals surface area contributed by atoms with E-state index in [0.717, 1.165) is 5.69 Å². The molecule has 1 aliphatic rings. The van der Waals surface area contributed by atoms with Crippen molar-refractivity contribution in [2.24, 2.45) is 0 Å². The van der Waals surface area contributed by atoms with Crippen LogP contribution in [0.5, 0.6) is 0 Å². The van der Waals surface area contributed by atoms with Crippen molar-refractivity contribution in [3.8, 4) is 22.4 Å². The van der Waals surface area contributed by atoms with Gasteiger partial charge in [0.1, 0.15) is 0 Å². The summed E-state index contributed by atoms with van der Waals surface area (Å²) in [5.74, 6) is 3.53. The number of aryl methyl sites for hydroxylation is 2. The van der Waals surface area contributed by atoms with Crippen LogP contribution in [0, 0.1) is 13.8 Å². The van der Waals surface area contributed by atoms with Crippen molar-refractivity contribution in [1.82, 2.24) is 4.98 Å². The first-order chi connectivity index (χ1) is 15.4. The molecule has 1 fully saturated rings. The number of aromatic nitrogens is 1. The number of fused-ring (bicyclic) bond motifs is 1. The molecule has 1 aromatic heterocycles. The summed E-state index contributed by atoms with van der Waals surface area (Å²) in [4.78, 5) is 4.78. The molecule has 1 nitrogen and oxygen atoms in total. The van der Waals surface area contributed by atoms with Crippen molar-refractivity contribution < 1.29 is 0 Å². The van der Waals surface area contributed by atoms with Crippen molar-refractivity contribution in [2.75, 3.05) is 24.0 Å². The number of hydrogen-bond donors (Lipinski definition) is 0. The van der Waals surface area contributed by atoms with Gasteiger partial charge in [0.2, 0.25) is 0 Å². The van der Waals surface area contributed by atoms with Crippen molar-refractivity contribution in [1.29, 1.82) is 0 Å². The normalized spacial score (nSPS) is 17.4. The minimum absolute atomic E-state index is 0.348. The molecular formula is C30H33NS. The van der Waals surface area contributed by atoms with Gasteiger partial charge in [0.15, 0.2) is 0 Å². The summed E-state index contributed by atoms with van der Waals surface area (Å²) in [6, 6.07) is 24.7. The molecule has 1 aliphatic heterocycles. The first-order valence-electron chi connectivity index (χ1n) is 11.7. The average molecular weight is 440 g/mol. The highest BCUT2D eigenvalue weighted by Crippen LogP contribution is 2.49. The molecule has 0 unspecified atom stereocenters.